The van der Waals surface area contributed by atoms with Crippen molar-refractivity contribution in [3.63, 3.8) is 0 Å². The Morgan fingerprint density at radius 1 is 1.15 bits per heavy atom. The maximum Gasteiger partial charge on any atom is 0.265 e. The quantitative estimate of drug-likeness (QED) is 0.904. The first kappa shape index (κ1) is 12.9. The number of hydrogen-bond donors (Lipinski definition) is 2. The van der Waals surface area contributed by atoms with Crippen molar-refractivity contribution in [2.75, 3.05) is 10.5 Å². The summed E-state index contributed by atoms with van der Waals surface area (Å²) in [7, 11) is -3.70. The van der Waals surface area contributed by atoms with Gasteiger partial charge < -0.3 is 5.73 Å². The molecule has 1 heterocycles. The largest absolute Gasteiger partial charge is 0.383 e. The second-order valence-electron chi connectivity index (χ2n) is 4.83. The molecular formula is C14H15N3O2S. The summed E-state index contributed by atoms with van der Waals surface area (Å²) in [5.41, 5.74) is 8.70. The third-order valence-corrected chi connectivity index (χ3v) is 4.87. The molecule has 5 nitrogen and oxygen atoms in total. The van der Waals surface area contributed by atoms with Gasteiger partial charge in [-0.1, -0.05) is 6.07 Å². The van der Waals surface area contributed by atoms with E-state index < -0.39 is 10.0 Å². The Balaban J connectivity index is 1.93. The zero-order valence-electron chi connectivity index (χ0n) is 10.8. The van der Waals surface area contributed by atoms with Crippen LogP contribution >= 0.6 is 0 Å². The topological polar surface area (TPSA) is 85.1 Å². The molecule has 0 fully saturated rings. The highest BCUT2D eigenvalue weighted by molar-refractivity contribution is 7.92. The number of nitrogen functional groups attached to an aromatic ring is 1. The van der Waals surface area contributed by atoms with Gasteiger partial charge in [-0.05, 0) is 54.7 Å². The van der Waals surface area contributed by atoms with Crippen LogP contribution in [-0.4, -0.2) is 13.4 Å². The van der Waals surface area contributed by atoms with Gasteiger partial charge in [-0.2, -0.15) is 0 Å². The molecule has 0 bridgehead atoms. The molecule has 0 atom stereocenters. The standard InChI is InChI=1S/C14H15N3O2S/c15-14-13(5-2-8-16-14)20(18,19)17-12-7-6-10-3-1-4-11(10)9-12/h2,5-9,17H,1,3-4H2,(H2,15,16). The molecule has 20 heavy (non-hydrogen) atoms. The SMILES string of the molecule is Nc1ncccc1S(=O)(=O)Nc1ccc2c(c1)CCC2. The van der Waals surface area contributed by atoms with Crippen molar-refractivity contribution < 1.29 is 8.42 Å². The van der Waals surface area contributed by atoms with Crippen LogP contribution in [0.5, 0.6) is 0 Å². The summed E-state index contributed by atoms with van der Waals surface area (Å²) < 4.78 is 27.1. The van der Waals surface area contributed by atoms with Crippen molar-refractivity contribution in [1.29, 1.82) is 0 Å². The minimum absolute atomic E-state index is 0.000462. The fourth-order valence-corrected chi connectivity index (χ4v) is 3.61. The summed E-state index contributed by atoms with van der Waals surface area (Å²) in [4.78, 5) is 3.80. The number of rotatable bonds is 3. The lowest BCUT2D eigenvalue weighted by atomic mass is 10.1. The van der Waals surface area contributed by atoms with Gasteiger partial charge >= 0.3 is 0 Å². The van der Waals surface area contributed by atoms with Gasteiger partial charge in [0.1, 0.15) is 10.7 Å². The van der Waals surface area contributed by atoms with Crippen LogP contribution in [0.3, 0.4) is 0 Å². The average molecular weight is 289 g/mol. The Morgan fingerprint density at radius 2 is 1.95 bits per heavy atom. The first-order valence-corrected chi connectivity index (χ1v) is 7.90. The van der Waals surface area contributed by atoms with E-state index in [0.29, 0.717) is 5.69 Å². The summed E-state index contributed by atoms with van der Waals surface area (Å²) in [6, 6.07) is 8.65. The molecule has 104 valence electrons. The second kappa shape index (κ2) is 4.79. The van der Waals surface area contributed by atoms with Crippen LogP contribution in [0.2, 0.25) is 0 Å². The van der Waals surface area contributed by atoms with Crippen LogP contribution in [0.1, 0.15) is 17.5 Å². The molecule has 0 unspecified atom stereocenters. The zero-order chi connectivity index (χ0) is 14.2. The van der Waals surface area contributed by atoms with E-state index in [9.17, 15) is 8.42 Å². The number of pyridine rings is 1. The second-order valence-corrected chi connectivity index (χ2v) is 6.48. The predicted octanol–water partition coefficient (Wildman–Crippen LogP) is 1.95. The van der Waals surface area contributed by atoms with Crippen molar-refractivity contribution >= 4 is 21.5 Å². The molecule has 3 N–H and O–H groups in total. The lowest BCUT2D eigenvalue weighted by Gasteiger charge is -2.10. The van der Waals surface area contributed by atoms with Crippen molar-refractivity contribution in [3.05, 3.63) is 47.7 Å². The van der Waals surface area contributed by atoms with E-state index in [-0.39, 0.29) is 10.7 Å². The fourth-order valence-electron chi connectivity index (χ4n) is 2.48. The Kier molecular flexibility index (Phi) is 3.10. The summed E-state index contributed by atoms with van der Waals surface area (Å²) in [5, 5.41) is 0. The number of nitrogens with two attached hydrogens (primary N) is 1. The van der Waals surface area contributed by atoms with E-state index >= 15 is 0 Å². The number of benzene rings is 1. The van der Waals surface area contributed by atoms with E-state index in [2.05, 4.69) is 9.71 Å². The van der Waals surface area contributed by atoms with Gasteiger partial charge in [0.15, 0.2) is 0 Å². The molecule has 1 aliphatic carbocycles. The maximum atomic E-state index is 12.3. The lowest BCUT2D eigenvalue weighted by molar-refractivity contribution is 0.601. The van der Waals surface area contributed by atoms with Crippen LogP contribution in [0.4, 0.5) is 11.5 Å². The number of aryl methyl sites for hydroxylation is 2. The van der Waals surface area contributed by atoms with E-state index in [1.807, 2.05) is 12.1 Å². The van der Waals surface area contributed by atoms with Crippen molar-refractivity contribution in [2.45, 2.75) is 24.2 Å². The number of hydrogen-bond acceptors (Lipinski definition) is 4. The molecule has 0 saturated carbocycles. The molecular weight excluding hydrogens is 274 g/mol. The number of nitrogens with zero attached hydrogens (tertiary/aromatic N) is 1. The monoisotopic (exact) mass is 289 g/mol. The molecule has 3 rings (SSSR count). The molecule has 2 aromatic rings. The number of nitrogens with one attached hydrogen (secondary N) is 1. The van der Waals surface area contributed by atoms with Crippen molar-refractivity contribution in [2.24, 2.45) is 0 Å². The number of sulfonamides is 1. The number of anilines is 2. The average Bonchev–Trinajstić information content (AvgIpc) is 2.86. The fraction of sp³-hybridized carbons (Fsp3) is 0.214. The molecule has 0 amide bonds. The van der Waals surface area contributed by atoms with Gasteiger partial charge in [0.25, 0.3) is 10.0 Å². The summed E-state index contributed by atoms with van der Waals surface area (Å²) in [6.45, 7) is 0. The molecule has 0 spiro atoms. The molecule has 6 heteroatoms. The van der Waals surface area contributed by atoms with Gasteiger partial charge in [0.2, 0.25) is 0 Å². The third-order valence-electron chi connectivity index (χ3n) is 3.44. The maximum absolute atomic E-state index is 12.3. The molecule has 1 aromatic heterocycles. The molecule has 0 saturated heterocycles. The van der Waals surface area contributed by atoms with Gasteiger partial charge in [-0.3, -0.25) is 4.72 Å². The first-order chi connectivity index (χ1) is 9.56. The molecule has 1 aliphatic rings. The predicted molar refractivity (Wildman–Crippen MR) is 77.9 cm³/mol. The van der Waals surface area contributed by atoms with Crippen LogP contribution < -0.4 is 10.5 Å². The van der Waals surface area contributed by atoms with E-state index in [1.165, 1.54) is 23.4 Å². The third kappa shape index (κ3) is 2.34. The molecule has 0 aliphatic heterocycles. The zero-order valence-corrected chi connectivity index (χ0v) is 11.7. The van der Waals surface area contributed by atoms with Crippen LogP contribution in [0.15, 0.2) is 41.4 Å². The van der Waals surface area contributed by atoms with Gasteiger partial charge in [0, 0.05) is 11.9 Å². The normalized spacial score (nSPS) is 14.0. The van der Waals surface area contributed by atoms with Crippen molar-refractivity contribution in [1.82, 2.24) is 4.98 Å². The molecule has 0 radical (unpaired) electrons. The summed E-state index contributed by atoms with van der Waals surface area (Å²) in [5.74, 6) is 0.00107. The lowest BCUT2D eigenvalue weighted by Crippen LogP contribution is -2.15. The van der Waals surface area contributed by atoms with E-state index in [1.54, 1.807) is 12.1 Å². The summed E-state index contributed by atoms with van der Waals surface area (Å²) >= 11 is 0. The van der Waals surface area contributed by atoms with Gasteiger partial charge in [0.05, 0.1) is 0 Å². The van der Waals surface area contributed by atoms with Crippen LogP contribution in [-0.2, 0) is 22.9 Å². The van der Waals surface area contributed by atoms with E-state index in [0.717, 1.165) is 19.3 Å². The Labute approximate surface area is 117 Å². The Hall–Kier alpha value is -2.08. The highest BCUT2D eigenvalue weighted by Gasteiger charge is 2.19. The van der Waals surface area contributed by atoms with E-state index in [4.69, 9.17) is 5.73 Å². The first-order valence-electron chi connectivity index (χ1n) is 6.41. The number of aromatic nitrogens is 1. The highest BCUT2D eigenvalue weighted by atomic mass is 32.2. The van der Waals surface area contributed by atoms with Crippen LogP contribution in [0.25, 0.3) is 0 Å². The number of fused-ring (bicyclic) bond motifs is 1. The minimum Gasteiger partial charge on any atom is -0.383 e. The smallest absolute Gasteiger partial charge is 0.265 e. The van der Waals surface area contributed by atoms with Gasteiger partial charge in [-0.25, -0.2) is 13.4 Å². The molecule has 1 aromatic carbocycles. The van der Waals surface area contributed by atoms with Crippen LogP contribution in [0, 0.1) is 0 Å². The van der Waals surface area contributed by atoms with Crippen molar-refractivity contribution in [3.8, 4) is 0 Å². The van der Waals surface area contributed by atoms with Gasteiger partial charge in [-0.15, -0.1) is 0 Å². The minimum atomic E-state index is -3.70. The Bertz CT molecular complexity index is 757. The summed E-state index contributed by atoms with van der Waals surface area (Å²) in [6.07, 6.45) is 4.66. The Morgan fingerprint density at radius 3 is 2.75 bits per heavy atom. The highest BCUT2D eigenvalue weighted by Crippen LogP contribution is 2.26.